The molecule has 3 heteroatoms. The van der Waals surface area contributed by atoms with Crippen LogP contribution in [0.5, 0.6) is 0 Å². The molecular formula is C11H17BrN2. The number of halogens is 1. The molecule has 0 radical (unpaired) electrons. The van der Waals surface area contributed by atoms with E-state index in [1.54, 1.807) is 0 Å². The summed E-state index contributed by atoms with van der Waals surface area (Å²) in [5.74, 6) is 0.707. The van der Waals surface area contributed by atoms with Crippen molar-refractivity contribution in [2.24, 2.45) is 5.92 Å². The first-order valence-electron chi connectivity index (χ1n) is 4.96. The van der Waals surface area contributed by atoms with Crippen LogP contribution in [0.25, 0.3) is 0 Å². The summed E-state index contributed by atoms with van der Waals surface area (Å²) >= 11 is 3.43. The summed E-state index contributed by atoms with van der Waals surface area (Å²) in [5.41, 5.74) is 1.31. The fourth-order valence-corrected chi connectivity index (χ4v) is 1.87. The van der Waals surface area contributed by atoms with Crippen molar-refractivity contribution in [1.82, 2.24) is 10.3 Å². The van der Waals surface area contributed by atoms with Crippen LogP contribution in [0.4, 0.5) is 0 Å². The molecule has 0 aromatic carbocycles. The largest absolute Gasteiger partial charge is 0.320 e. The summed E-state index contributed by atoms with van der Waals surface area (Å²) < 4.78 is 1.07. The molecule has 14 heavy (non-hydrogen) atoms. The van der Waals surface area contributed by atoms with E-state index in [1.807, 2.05) is 19.4 Å². The van der Waals surface area contributed by atoms with E-state index in [4.69, 9.17) is 0 Å². The summed E-state index contributed by atoms with van der Waals surface area (Å²) in [7, 11) is 1.99. The Balaban J connectivity index is 2.43. The molecule has 0 amide bonds. The van der Waals surface area contributed by atoms with E-state index in [0.717, 1.165) is 17.4 Å². The molecule has 1 unspecified atom stereocenters. The van der Waals surface area contributed by atoms with Gasteiger partial charge < -0.3 is 5.32 Å². The van der Waals surface area contributed by atoms with Gasteiger partial charge in [0.2, 0.25) is 0 Å². The zero-order chi connectivity index (χ0) is 10.4. The van der Waals surface area contributed by atoms with E-state index >= 15 is 0 Å². The second-order valence-electron chi connectivity index (χ2n) is 3.71. The number of nitrogens with one attached hydrogen (secondary N) is 1. The van der Waals surface area contributed by atoms with Crippen molar-refractivity contribution in [2.75, 3.05) is 13.6 Å². The van der Waals surface area contributed by atoms with E-state index in [-0.39, 0.29) is 0 Å². The normalized spacial score (nSPS) is 12.8. The standard InChI is InChI=1S/C11H17BrN2/c1-9(3-4-13-2)5-10-6-11(12)8-14-7-10/h6-9,13H,3-5H2,1-2H3. The Hall–Kier alpha value is -0.410. The molecule has 1 aromatic heterocycles. The molecule has 78 valence electrons. The van der Waals surface area contributed by atoms with Crippen LogP contribution in [0, 0.1) is 5.92 Å². The van der Waals surface area contributed by atoms with Crippen LogP contribution in [0.15, 0.2) is 22.9 Å². The highest BCUT2D eigenvalue weighted by Gasteiger charge is 2.03. The third-order valence-electron chi connectivity index (χ3n) is 2.23. The molecule has 0 fully saturated rings. The van der Waals surface area contributed by atoms with Gasteiger partial charge in [0.25, 0.3) is 0 Å². The van der Waals surface area contributed by atoms with Gasteiger partial charge in [-0.2, -0.15) is 0 Å². The van der Waals surface area contributed by atoms with Crippen LogP contribution < -0.4 is 5.32 Å². The van der Waals surface area contributed by atoms with Crippen LogP contribution in [-0.2, 0) is 6.42 Å². The zero-order valence-corrected chi connectivity index (χ0v) is 10.3. The van der Waals surface area contributed by atoms with Crippen molar-refractivity contribution in [2.45, 2.75) is 19.8 Å². The number of rotatable bonds is 5. The molecule has 1 aromatic rings. The lowest BCUT2D eigenvalue weighted by molar-refractivity contribution is 0.514. The summed E-state index contributed by atoms with van der Waals surface area (Å²) in [6.45, 7) is 3.36. The molecule has 1 rings (SSSR count). The maximum absolute atomic E-state index is 4.16. The summed E-state index contributed by atoms with van der Waals surface area (Å²) in [5, 5.41) is 3.17. The van der Waals surface area contributed by atoms with Gasteiger partial charge in [0.1, 0.15) is 0 Å². The first-order valence-corrected chi connectivity index (χ1v) is 5.75. The Morgan fingerprint density at radius 1 is 1.50 bits per heavy atom. The minimum Gasteiger partial charge on any atom is -0.320 e. The molecule has 1 heterocycles. The highest BCUT2D eigenvalue weighted by Crippen LogP contribution is 2.14. The number of hydrogen-bond donors (Lipinski definition) is 1. The Kier molecular flexibility index (Phi) is 5.12. The van der Waals surface area contributed by atoms with Crippen LogP contribution in [0.3, 0.4) is 0 Å². The van der Waals surface area contributed by atoms with E-state index in [2.05, 4.69) is 39.2 Å². The van der Waals surface area contributed by atoms with Gasteiger partial charge in [-0.25, -0.2) is 0 Å². The molecule has 0 saturated heterocycles. The second-order valence-corrected chi connectivity index (χ2v) is 4.63. The van der Waals surface area contributed by atoms with Gasteiger partial charge in [0.05, 0.1) is 0 Å². The molecule has 0 spiro atoms. The van der Waals surface area contributed by atoms with Crippen LogP contribution in [0.2, 0.25) is 0 Å². The summed E-state index contributed by atoms with van der Waals surface area (Å²) in [6, 6.07) is 2.14. The average molecular weight is 257 g/mol. The van der Waals surface area contributed by atoms with Gasteiger partial charge in [-0.3, -0.25) is 4.98 Å². The fraction of sp³-hybridized carbons (Fsp3) is 0.545. The first-order chi connectivity index (χ1) is 6.72. The van der Waals surface area contributed by atoms with Crippen LogP contribution in [-0.4, -0.2) is 18.6 Å². The van der Waals surface area contributed by atoms with E-state index in [1.165, 1.54) is 12.0 Å². The smallest absolute Gasteiger partial charge is 0.0410 e. The molecule has 0 saturated carbocycles. The SMILES string of the molecule is CNCCC(C)Cc1cncc(Br)c1. The molecule has 1 atom stereocenters. The van der Waals surface area contributed by atoms with E-state index in [0.29, 0.717) is 5.92 Å². The van der Waals surface area contributed by atoms with E-state index in [9.17, 15) is 0 Å². The second kappa shape index (κ2) is 6.14. The minimum absolute atomic E-state index is 0.707. The third-order valence-corrected chi connectivity index (χ3v) is 2.67. The monoisotopic (exact) mass is 256 g/mol. The number of aromatic nitrogens is 1. The Morgan fingerprint density at radius 2 is 2.29 bits per heavy atom. The van der Waals surface area contributed by atoms with Crippen molar-refractivity contribution in [3.63, 3.8) is 0 Å². The molecule has 0 aliphatic rings. The first kappa shape index (κ1) is 11.7. The molecule has 0 aliphatic carbocycles. The maximum atomic E-state index is 4.16. The summed E-state index contributed by atoms with van der Waals surface area (Å²) in [6.07, 6.45) is 6.08. The van der Waals surface area contributed by atoms with Crippen molar-refractivity contribution < 1.29 is 0 Å². The van der Waals surface area contributed by atoms with Gasteiger partial charge >= 0.3 is 0 Å². The third kappa shape index (κ3) is 4.20. The van der Waals surface area contributed by atoms with Crippen LogP contribution in [0.1, 0.15) is 18.9 Å². The molecule has 1 N–H and O–H groups in total. The molecule has 2 nitrogen and oxygen atoms in total. The number of hydrogen-bond acceptors (Lipinski definition) is 2. The van der Waals surface area contributed by atoms with Gasteiger partial charge in [0, 0.05) is 16.9 Å². The van der Waals surface area contributed by atoms with Crippen molar-refractivity contribution in [3.8, 4) is 0 Å². The minimum atomic E-state index is 0.707. The van der Waals surface area contributed by atoms with Gasteiger partial charge in [-0.1, -0.05) is 6.92 Å². The highest BCUT2D eigenvalue weighted by molar-refractivity contribution is 9.10. The fourth-order valence-electron chi connectivity index (χ4n) is 1.46. The molecule has 0 aliphatic heterocycles. The number of pyridine rings is 1. The lowest BCUT2D eigenvalue weighted by Crippen LogP contribution is -2.12. The molecule has 0 bridgehead atoms. The summed E-state index contributed by atoms with van der Waals surface area (Å²) in [4.78, 5) is 4.16. The Labute approximate surface area is 94.3 Å². The Morgan fingerprint density at radius 3 is 2.93 bits per heavy atom. The predicted octanol–water partition coefficient (Wildman–Crippen LogP) is 2.63. The van der Waals surface area contributed by atoms with Crippen molar-refractivity contribution in [3.05, 3.63) is 28.5 Å². The number of nitrogens with zero attached hydrogens (tertiary/aromatic N) is 1. The lowest BCUT2D eigenvalue weighted by atomic mass is 9.99. The maximum Gasteiger partial charge on any atom is 0.0410 e. The van der Waals surface area contributed by atoms with Gasteiger partial charge in [0.15, 0.2) is 0 Å². The Bertz CT molecular complexity index is 276. The predicted molar refractivity (Wildman–Crippen MR) is 63.3 cm³/mol. The topological polar surface area (TPSA) is 24.9 Å². The van der Waals surface area contributed by atoms with E-state index < -0.39 is 0 Å². The van der Waals surface area contributed by atoms with Crippen LogP contribution >= 0.6 is 15.9 Å². The quantitative estimate of drug-likeness (QED) is 0.877. The average Bonchev–Trinajstić information content (AvgIpc) is 2.15. The lowest BCUT2D eigenvalue weighted by Gasteiger charge is -2.10. The highest BCUT2D eigenvalue weighted by atomic mass is 79.9. The zero-order valence-electron chi connectivity index (χ0n) is 8.76. The van der Waals surface area contributed by atoms with Gasteiger partial charge in [-0.05, 0) is 59.9 Å². The van der Waals surface area contributed by atoms with Gasteiger partial charge in [-0.15, -0.1) is 0 Å². The van der Waals surface area contributed by atoms with Crippen molar-refractivity contribution >= 4 is 15.9 Å². The van der Waals surface area contributed by atoms with Crippen molar-refractivity contribution in [1.29, 1.82) is 0 Å². The molecular weight excluding hydrogens is 240 g/mol.